The van der Waals surface area contributed by atoms with Crippen LogP contribution in [0.5, 0.6) is 0 Å². The smallest absolute Gasteiger partial charge is 0.343 e. The average Bonchev–Trinajstić information content (AvgIpc) is 2.94. The number of benzene rings is 1. The Labute approximate surface area is 173 Å². The predicted octanol–water partition coefficient (Wildman–Crippen LogP) is 2.95. The van der Waals surface area contributed by atoms with Gasteiger partial charge in [0.05, 0.1) is 24.9 Å². The van der Waals surface area contributed by atoms with E-state index in [1.165, 1.54) is 4.68 Å². The van der Waals surface area contributed by atoms with Crippen LogP contribution in [0.2, 0.25) is 10.2 Å². The molecule has 3 rings (SSSR count). The third-order valence-electron chi connectivity index (χ3n) is 4.47. The van der Waals surface area contributed by atoms with E-state index < -0.39 is 5.97 Å². The molecule has 28 heavy (non-hydrogen) atoms. The number of rotatable bonds is 5. The molecule has 2 heterocycles. The maximum atomic E-state index is 12.5. The number of morpholine rings is 1. The Kier molecular flexibility index (Phi) is 6.59. The summed E-state index contributed by atoms with van der Waals surface area (Å²) in [5.74, 6) is -0.941. The lowest BCUT2D eigenvalue weighted by Gasteiger charge is -2.30. The molecule has 0 saturated carbocycles. The van der Waals surface area contributed by atoms with Gasteiger partial charge in [0.25, 0.3) is 5.91 Å². The highest BCUT2D eigenvalue weighted by Crippen LogP contribution is 2.24. The zero-order valence-electron chi connectivity index (χ0n) is 15.7. The summed E-state index contributed by atoms with van der Waals surface area (Å²) in [6, 6.07) is 7.32. The van der Waals surface area contributed by atoms with Crippen molar-refractivity contribution < 1.29 is 19.1 Å². The van der Waals surface area contributed by atoms with Gasteiger partial charge in [-0.3, -0.25) is 4.79 Å². The maximum absolute atomic E-state index is 12.5. The number of amides is 1. The number of esters is 1. The molecule has 1 aliphatic heterocycles. The third-order valence-corrected chi connectivity index (χ3v) is 5.22. The molecule has 0 spiro atoms. The third kappa shape index (κ3) is 4.66. The standard InChI is InChI=1S/C19H21Cl2N3O4/c1-12-9-23(7-8-27-12)16(25)11-28-19(26)17-13(2)22-24(18(17)21)10-14-5-3-4-6-15(14)20/h3-6,12H,7-11H2,1-2H3. The number of halogens is 2. The van der Waals surface area contributed by atoms with Gasteiger partial charge in [0.1, 0.15) is 10.7 Å². The van der Waals surface area contributed by atoms with Crippen molar-refractivity contribution in [2.24, 2.45) is 0 Å². The van der Waals surface area contributed by atoms with E-state index in [1.807, 2.05) is 25.1 Å². The monoisotopic (exact) mass is 425 g/mol. The molecule has 1 aliphatic rings. The van der Waals surface area contributed by atoms with Crippen molar-refractivity contribution in [3.8, 4) is 0 Å². The first-order valence-electron chi connectivity index (χ1n) is 8.89. The lowest BCUT2D eigenvalue weighted by molar-refractivity contribution is -0.141. The van der Waals surface area contributed by atoms with Gasteiger partial charge in [-0.2, -0.15) is 5.10 Å². The zero-order chi connectivity index (χ0) is 20.3. The van der Waals surface area contributed by atoms with Crippen LogP contribution in [-0.2, 0) is 20.8 Å². The summed E-state index contributed by atoms with van der Waals surface area (Å²) in [4.78, 5) is 26.4. The molecule has 1 aromatic carbocycles. The van der Waals surface area contributed by atoms with E-state index in [4.69, 9.17) is 32.7 Å². The van der Waals surface area contributed by atoms with Crippen LogP contribution < -0.4 is 0 Å². The van der Waals surface area contributed by atoms with E-state index in [-0.39, 0.29) is 29.3 Å². The van der Waals surface area contributed by atoms with Gasteiger partial charge in [-0.15, -0.1) is 0 Å². The molecule has 1 amide bonds. The van der Waals surface area contributed by atoms with Gasteiger partial charge in [0, 0.05) is 18.1 Å². The average molecular weight is 426 g/mol. The molecule has 1 fully saturated rings. The molecular weight excluding hydrogens is 405 g/mol. The van der Waals surface area contributed by atoms with Crippen LogP contribution >= 0.6 is 23.2 Å². The number of carbonyl (C=O) groups excluding carboxylic acids is 2. The minimum Gasteiger partial charge on any atom is -0.452 e. The lowest BCUT2D eigenvalue weighted by Crippen LogP contribution is -2.46. The maximum Gasteiger partial charge on any atom is 0.343 e. The van der Waals surface area contributed by atoms with Crippen molar-refractivity contribution >= 4 is 35.1 Å². The zero-order valence-corrected chi connectivity index (χ0v) is 17.2. The van der Waals surface area contributed by atoms with Gasteiger partial charge in [-0.05, 0) is 25.5 Å². The fourth-order valence-electron chi connectivity index (χ4n) is 3.01. The number of ether oxygens (including phenoxy) is 2. The Balaban J connectivity index is 1.66. The molecule has 0 aliphatic carbocycles. The minimum atomic E-state index is -0.678. The van der Waals surface area contributed by atoms with Crippen LogP contribution in [0.25, 0.3) is 0 Å². The molecule has 0 bridgehead atoms. The fourth-order valence-corrected chi connectivity index (χ4v) is 3.52. The van der Waals surface area contributed by atoms with Gasteiger partial charge < -0.3 is 14.4 Å². The van der Waals surface area contributed by atoms with Crippen LogP contribution in [0.4, 0.5) is 0 Å². The van der Waals surface area contributed by atoms with Crippen LogP contribution in [0.15, 0.2) is 24.3 Å². The van der Waals surface area contributed by atoms with Crippen LogP contribution in [0, 0.1) is 6.92 Å². The van der Waals surface area contributed by atoms with Crippen LogP contribution in [-0.4, -0.2) is 59.0 Å². The number of carbonyl (C=O) groups is 2. The fraction of sp³-hybridized carbons (Fsp3) is 0.421. The summed E-state index contributed by atoms with van der Waals surface area (Å²) >= 11 is 12.5. The summed E-state index contributed by atoms with van der Waals surface area (Å²) < 4.78 is 12.1. The Morgan fingerprint density at radius 2 is 2.07 bits per heavy atom. The van der Waals surface area contributed by atoms with E-state index in [9.17, 15) is 9.59 Å². The first-order chi connectivity index (χ1) is 13.4. The SMILES string of the molecule is Cc1nn(Cc2ccccc2Cl)c(Cl)c1C(=O)OCC(=O)N1CCOC(C)C1. The van der Waals surface area contributed by atoms with Crippen molar-refractivity contribution in [1.29, 1.82) is 0 Å². The van der Waals surface area contributed by atoms with Crippen LogP contribution in [0.1, 0.15) is 28.5 Å². The number of aromatic nitrogens is 2. The Morgan fingerprint density at radius 1 is 1.32 bits per heavy atom. The lowest BCUT2D eigenvalue weighted by atomic mass is 10.2. The van der Waals surface area contributed by atoms with Gasteiger partial charge in [0.15, 0.2) is 6.61 Å². The predicted molar refractivity (Wildman–Crippen MR) is 105 cm³/mol. The topological polar surface area (TPSA) is 73.7 Å². The Morgan fingerprint density at radius 3 is 2.79 bits per heavy atom. The minimum absolute atomic E-state index is 0.0341. The molecule has 150 valence electrons. The van der Waals surface area contributed by atoms with E-state index in [0.717, 1.165) is 5.56 Å². The Bertz CT molecular complexity index is 884. The molecule has 1 unspecified atom stereocenters. The second-order valence-electron chi connectivity index (χ2n) is 6.60. The summed E-state index contributed by atoms with van der Waals surface area (Å²) in [6.45, 7) is 4.95. The van der Waals surface area contributed by atoms with Crippen molar-refractivity contribution in [2.75, 3.05) is 26.3 Å². The quantitative estimate of drug-likeness (QED) is 0.688. The Hall–Kier alpha value is -2.09. The highest BCUT2D eigenvalue weighted by atomic mass is 35.5. The largest absolute Gasteiger partial charge is 0.452 e. The summed E-state index contributed by atoms with van der Waals surface area (Å²) in [7, 11) is 0. The molecule has 0 radical (unpaired) electrons. The van der Waals surface area contributed by atoms with Gasteiger partial charge in [-0.25, -0.2) is 9.48 Å². The normalized spacial score (nSPS) is 16.9. The molecule has 0 N–H and O–H groups in total. The van der Waals surface area contributed by atoms with Crippen molar-refractivity contribution in [3.05, 3.63) is 51.3 Å². The number of hydrogen-bond donors (Lipinski definition) is 0. The van der Waals surface area contributed by atoms with Crippen LogP contribution in [0.3, 0.4) is 0 Å². The first kappa shape index (κ1) is 20.6. The second-order valence-corrected chi connectivity index (χ2v) is 7.36. The van der Waals surface area contributed by atoms with E-state index in [0.29, 0.717) is 37.0 Å². The second kappa shape index (κ2) is 8.94. The first-order valence-corrected chi connectivity index (χ1v) is 9.65. The number of aryl methyl sites for hydroxylation is 1. The molecule has 7 nitrogen and oxygen atoms in total. The van der Waals surface area contributed by atoms with Gasteiger partial charge in [0.2, 0.25) is 0 Å². The van der Waals surface area contributed by atoms with E-state index in [2.05, 4.69) is 5.10 Å². The molecule has 2 aromatic rings. The summed E-state index contributed by atoms with van der Waals surface area (Å²) in [5, 5.41) is 5.04. The summed E-state index contributed by atoms with van der Waals surface area (Å²) in [6.07, 6.45) is -0.0341. The molecular formula is C19H21Cl2N3O4. The highest BCUT2D eigenvalue weighted by molar-refractivity contribution is 6.33. The van der Waals surface area contributed by atoms with E-state index in [1.54, 1.807) is 17.9 Å². The molecule has 1 aromatic heterocycles. The summed E-state index contributed by atoms with van der Waals surface area (Å²) in [5.41, 5.74) is 1.40. The van der Waals surface area contributed by atoms with E-state index >= 15 is 0 Å². The molecule has 1 atom stereocenters. The van der Waals surface area contributed by atoms with Crippen molar-refractivity contribution in [3.63, 3.8) is 0 Å². The van der Waals surface area contributed by atoms with Gasteiger partial charge in [-0.1, -0.05) is 41.4 Å². The van der Waals surface area contributed by atoms with Crippen molar-refractivity contribution in [1.82, 2.24) is 14.7 Å². The van der Waals surface area contributed by atoms with Gasteiger partial charge >= 0.3 is 5.97 Å². The molecule has 1 saturated heterocycles. The number of nitrogens with zero attached hydrogens (tertiary/aromatic N) is 3. The molecule has 9 heteroatoms. The van der Waals surface area contributed by atoms with Crippen molar-refractivity contribution in [2.45, 2.75) is 26.5 Å². The highest BCUT2D eigenvalue weighted by Gasteiger charge is 2.25. The number of hydrogen-bond acceptors (Lipinski definition) is 5.